The zero-order valence-corrected chi connectivity index (χ0v) is 10.0. The molecule has 0 aromatic carbocycles. The van der Waals surface area contributed by atoms with Gasteiger partial charge in [0.2, 0.25) is 0 Å². The first-order chi connectivity index (χ1) is 6.33. The number of nitrogens with one attached hydrogen (secondary N) is 1. The Bertz CT molecular complexity index is 171. The van der Waals surface area contributed by atoms with Crippen molar-refractivity contribution in [3.05, 3.63) is 0 Å². The second kappa shape index (κ2) is 6.60. The third-order valence-electron chi connectivity index (χ3n) is 1.92. The summed E-state index contributed by atoms with van der Waals surface area (Å²) < 4.78 is 0. The van der Waals surface area contributed by atoms with Gasteiger partial charge in [-0.1, -0.05) is 11.8 Å². The minimum Gasteiger partial charge on any atom is -0.362 e. The second-order valence-corrected chi connectivity index (χ2v) is 5.28. The van der Waals surface area contributed by atoms with Crippen LogP contribution >= 0.6 is 23.5 Å². The Morgan fingerprint density at radius 1 is 1.69 bits per heavy atom. The zero-order chi connectivity index (χ0) is 9.52. The molecule has 1 unspecified atom stereocenters. The Labute approximate surface area is 89.3 Å². The van der Waals surface area contributed by atoms with E-state index < -0.39 is 0 Å². The van der Waals surface area contributed by atoms with Crippen LogP contribution in [0.25, 0.3) is 0 Å². The Balaban J connectivity index is 2.17. The van der Waals surface area contributed by atoms with Gasteiger partial charge in [-0.2, -0.15) is 11.8 Å². The Hall–Kier alpha value is 0.170. The first-order valence-electron chi connectivity index (χ1n) is 4.75. The zero-order valence-electron chi connectivity index (χ0n) is 8.38. The summed E-state index contributed by atoms with van der Waals surface area (Å²) in [5, 5.41) is 4.55. The van der Waals surface area contributed by atoms with E-state index in [-0.39, 0.29) is 0 Å². The lowest BCUT2D eigenvalue weighted by Gasteiger charge is -2.21. The van der Waals surface area contributed by atoms with E-state index in [1.54, 1.807) is 0 Å². The van der Waals surface area contributed by atoms with Crippen LogP contribution in [0.1, 0.15) is 19.8 Å². The van der Waals surface area contributed by atoms with Crippen molar-refractivity contribution >= 4 is 28.7 Å². The number of thioether (sulfide) groups is 2. The Morgan fingerprint density at radius 3 is 3.23 bits per heavy atom. The summed E-state index contributed by atoms with van der Waals surface area (Å²) in [6.07, 6.45) is 4.60. The third-order valence-corrected chi connectivity index (χ3v) is 3.58. The van der Waals surface area contributed by atoms with Gasteiger partial charge < -0.3 is 5.32 Å². The van der Waals surface area contributed by atoms with Crippen molar-refractivity contribution in [1.29, 1.82) is 0 Å². The van der Waals surface area contributed by atoms with Gasteiger partial charge in [0.15, 0.2) is 5.17 Å². The van der Waals surface area contributed by atoms with Gasteiger partial charge in [0.1, 0.15) is 0 Å². The van der Waals surface area contributed by atoms with Gasteiger partial charge in [-0.15, -0.1) is 0 Å². The fraction of sp³-hybridized carbons (Fsp3) is 0.889. The maximum atomic E-state index is 4.53. The number of nitrogens with zero attached hydrogens (tertiary/aromatic N) is 1. The lowest BCUT2D eigenvalue weighted by atomic mass is 10.3. The van der Waals surface area contributed by atoms with E-state index in [1.807, 2.05) is 23.5 Å². The SMILES string of the molecule is CSCCCN=C1NC(C)CCS1. The molecule has 0 aliphatic carbocycles. The van der Waals surface area contributed by atoms with Crippen LogP contribution in [0.4, 0.5) is 0 Å². The van der Waals surface area contributed by atoms with E-state index in [0.717, 1.165) is 11.7 Å². The maximum absolute atomic E-state index is 4.53. The normalized spacial score (nSPS) is 26.0. The highest BCUT2D eigenvalue weighted by atomic mass is 32.2. The third kappa shape index (κ3) is 4.81. The Kier molecular flexibility index (Phi) is 5.71. The summed E-state index contributed by atoms with van der Waals surface area (Å²) in [5.74, 6) is 2.44. The van der Waals surface area contributed by atoms with E-state index in [2.05, 4.69) is 23.5 Å². The summed E-state index contributed by atoms with van der Waals surface area (Å²) in [7, 11) is 0. The molecule has 4 heteroatoms. The molecule has 1 rings (SSSR count). The molecule has 0 saturated carbocycles. The number of hydrogen-bond donors (Lipinski definition) is 1. The predicted octanol–water partition coefficient (Wildman–Crippen LogP) is 2.21. The summed E-state index contributed by atoms with van der Waals surface area (Å²) in [6.45, 7) is 3.19. The van der Waals surface area contributed by atoms with Crippen molar-refractivity contribution in [1.82, 2.24) is 5.32 Å². The van der Waals surface area contributed by atoms with Crippen LogP contribution < -0.4 is 5.32 Å². The van der Waals surface area contributed by atoms with Crippen molar-refractivity contribution in [3.8, 4) is 0 Å². The monoisotopic (exact) mass is 218 g/mol. The van der Waals surface area contributed by atoms with Crippen LogP contribution in [0.5, 0.6) is 0 Å². The van der Waals surface area contributed by atoms with Gasteiger partial charge in [0, 0.05) is 18.3 Å². The topological polar surface area (TPSA) is 24.4 Å². The molecular weight excluding hydrogens is 200 g/mol. The quantitative estimate of drug-likeness (QED) is 0.732. The van der Waals surface area contributed by atoms with Gasteiger partial charge in [0.25, 0.3) is 0 Å². The standard InChI is InChI=1S/C9H18N2S2/c1-8-4-7-13-9(11-8)10-5-3-6-12-2/h8H,3-7H2,1-2H3,(H,10,11). The molecule has 0 spiro atoms. The van der Waals surface area contributed by atoms with Crippen LogP contribution in [0, 0.1) is 0 Å². The molecule has 0 amide bonds. The number of aliphatic imine (C=N–C) groups is 1. The summed E-state index contributed by atoms with van der Waals surface area (Å²) in [6, 6.07) is 0.612. The highest BCUT2D eigenvalue weighted by molar-refractivity contribution is 8.13. The van der Waals surface area contributed by atoms with Crippen molar-refractivity contribution in [2.45, 2.75) is 25.8 Å². The van der Waals surface area contributed by atoms with Crippen LogP contribution in [0.15, 0.2) is 4.99 Å². The molecule has 13 heavy (non-hydrogen) atoms. The van der Waals surface area contributed by atoms with E-state index >= 15 is 0 Å². The highest BCUT2D eigenvalue weighted by Gasteiger charge is 2.11. The smallest absolute Gasteiger partial charge is 0.156 e. The molecular formula is C9H18N2S2. The van der Waals surface area contributed by atoms with E-state index in [9.17, 15) is 0 Å². The van der Waals surface area contributed by atoms with Gasteiger partial charge in [-0.3, -0.25) is 4.99 Å². The molecule has 0 radical (unpaired) electrons. The minimum atomic E-state index is 0.612. The van der Waals surface area contributed by atoms with Gasteiger partial charge in [-0.25, -0.2) is 0 Å². The average molecular weight is 218 g/mol. The van der Waals surface area contributed by atoms with Crippen molar-refractivity contribution in [2.75, 3.05) is 24.3 Å². The first-order valence-corrected chi connectivity index (χ1v) is 7.13. The minimum absolute atomic E-state index is 0.612. The summed E-state index contributed by atoms with van der Waals surface area (Å²) >= 11 is 3.75. The van der Waals surface area contributed by atoms with Gasteiger partial charge in [0.05, 0.1) is 0 Å². The Morgan fingerprint density at radius 2 is 2.54 bits per heavy atom. The lowest BCUT2D eigenvalue weighted by molar-refractivity contribution is 0.642. The molecule has 1 aliphatic rings. The van der Waals surface area contributed by atoms with Gasteiger partial charge in [-0.05, 0) is 31.8 Å². The molecule has 76 valence electrons. The molecule has 0 bridgehead atoms. The number of hydrogen-bond acceptors (Lipinski definition) is 3. The molecule has 1 fully saturated rings. The van der Waals surface area contributed by atoms with E-state index in [0.29, 0.717) is 6.04 Å². The maximum Gasteiger partial charge on any atom is 0.156 e. The molecule has 1 N–H and O–H groups in total. The second-order valence-electron chi connectivity index (χ2n) is 3.22. The summed E-state index contributed by atoms with van der Waals surface area (Å²) in [5.41, 5.74) is 0. The van der Waals surface area contributed by atoms with E-state index in [1.165, 1.54) is 24.3 Å². The largest absolute Gasteiger partial charge is 0.362 e. The number of amidine groups is 1. The molecule has 2 nitrogen and oxygen atoms in total. The van der Waals surface area contributed by atoms with Crippen molar-refractivity contribution in [2.24, 2.45) is 4.99 Å². The molecule has 1 heterocycles. The fourth-order valence-electron chi connectivity index (χ4n) is 1.14. The molecule has 1 aliphatic heterocycles. The molecule has 0 aromatic heterocycles. The number of rotatable bonds is 4. The molecule has 0 aromatic rings. The predicted molar refractivity (Wildman–Crippen MR) is 65.0 cm³/mol. The van der Waals surface area contributed by atoms with Crippen molar-refractivity contribution in [3.63, 3.8) is 0 Å². The van der Waals surface area contributed by atoms with E-state index in [4.69, 9.17) is 0 Å². The first kappa shape index (κ1) is 11.2. The molecule has 1 atom stereocenters. The van der Waals surface area contributed by atoms with Crippen LogP contribution in [-0.2, 0) is 0 Å². The van der Waals surface area contributed by atoms with Gasteiger partial charge >= 0.3 is 0 Å². The summed E-state index contributed by atoms with van der Waals surface area (Å²) in [4.78, 5) is 4.53. The van der Waals surface area contributed by atoms with Crippen LogP contribution in [0.2, 0.25) is 0 Å². The average Bonchev–Trinajstić information content (AvgIpc) is 2.13. The highest BCUT2D eigenvalue weighted by Crippen LogP contribution is 2.13. The van der Waals surface area contributed by atoms with Crippen LogP contribution in [0.3, 0.4) is 0 Å². The fourth-order valence-corrected chi connectivity index (χ4v) is 2.69. The van der Waals surface area contributed by atoms with Crippen LogP contribution in [-0.4, -0.2) is 35.5 Å². The van der Waals surface area contributed by atoms with Crippen molar-refractivity contribution < 1.29 is 0 Å². The lowest BCUT2D eigenvalue weighted by Crippen LogP contribution is -2.35. The molecule has 1 saturated heterocycles.